The lowest BCUT2D eigenvalue weighted by Crippen LogP contribution is -2.48. The molecule has 0 saturated heterocycles. The van der Waals surface area contributed by atoms with Crippen LogP contribution in [0.2, 0.25) is 5.02 Å². The molecule has 1 atom stereocenters. The van der Waals surface area contributed by atoms with E-state index in [0.717, 1.165) is 12.8 Å². The summed E-state index contributed by atoms with van der Waals surface area (Å²) < 4.78 is 10.0. The van der Waals surface area contributed by atoms with Crippen molar-refractivity contribution in [2.75, 3.05) is 13.2 Å². The third-order valence-electron chi connectivity index (χ3n) is 3.54. The molecule has 1 aliphatic carbocycles. The van der Waals surface area contributed by atoms with Gasteiger partial charge in [-0.15, -0.1) is 0 Å². The highest BCUT2D eigenvalue weighted by molar-refractivity contribution is 6.30. The number of halogens is 1. The lowest BCUT2D eigenvalue weighted by molar-refractivity contribution is -0.150. The molecular formula is C16H17ClN2O4. The number of amides is 1. The van der Waals surface area contributed by atoms with Gasteiger partial charge in [0.25, 0.3) is 5.91 Å². The molecule has 1 N–H and O–H groups in total. The number of carbonyl (C=O) groups excluding carboxylic acids is 2. The van der Waals surface area contributed by atoms with Crippen molar-refractivity contribution in [3.8, 4) is 11.8 Å². The number of nitriles is 1. The van der Waals surface area contributed by atoms with Crippen molar-refractivity contribution in [1.82, 2.24) is 5.32 Å². The largest absolute Gasteiger partial charge is 0.482 e. The average Bonchev–Trinajstić information content (AvgIpc) is 3.36. The maximum Gasteiger partial charge on any atom is 0.344 e. The molecule has 1 aliphatic rings. The fourth-order valence-corrected chi connectivity index (χ4v) is 2.27. The molecule has 1 amide bonds. The minimum Gasteiger partial charge on any atom is -0.482 e. The molecule has 122 valence electrons. The summed E-state index contributed by atoms with van der Waals surface area (Å²) in [6.07, 6.45) is 1.83. The van der Waals surface area contributed by atoms with Crippen LogP contribution in [0.5, 0.6) is 5.75 Å². The van der Waals surface area contributed by atoms with Crippen molar-refractivity contribution >= 4 is 23.5 Å². The van der Waals surface area contributed by atoms with Crippen molar-refractivity contribution in [2.24, 2.45) is 5.92 Å². The van der Waals surface area contributed by atoms with Crippen molar-refractivity contribution in [3.05, 3.63) is 29.3 Å². The van der Waals surface area contributed by atoms with Gasteiger partial charge in [0.05, 0.1) is 6.07 Å². The molecule has 1 aromatic rings. The summed E-state index contributed by atoms with van der Waals surface area (Å²) in [5.41, 5.74) is -0.902. The molecular weight excluding hydrogens is 320 g/mol. The molecule has 0 bridgehead atoms. The maximum atomic E-state index is 11.8. The molecule has 1 fully saturated rings. The van der Waals surface area contributed by atoms with E-state index in [9.17, 15) is 9.59 Å². The molecule has 23 heavy (non-hydrogen) atoms. The summed E-state index contributed by atoms with van der Waals surface area (Å²) in [6.45, 7) is 0.903. The van der Waals surface area contributed by atoms with Crippen LogP contribution in [-0.4, -0.2) is 30.6 Å². The first-order chi connectivity index (χ1) is 10.9. The van der Waals surface area contributed by atoms with Crippen molar-refractivity contribution in [2.45, 2.75) is 25.3 Å². The number of nitrogens with one attached hydrogen (secondary N) is 1. The molecule has 0 unspecified atom stereocenters. The van der Waals surface area contributed by atoms with Gasteiger partial charge < -0.3 is 14.8 Å². The van der Waals surface area contributed by atoms with Crippen molar-refractivity contribution in [3.63, 3.8) is 0 Å². The minimum atomic E-state index is -0.902. The van der Waals surface area contributed by atoms with Gasteiger partial charge in [0.15, 0.2) is 13.2 Å². The molecule has 6 nitrogen and oxygen atoms in total. The van der Waals surface area contributed by atoms with E-state index in [0.29, 0.717) is 10.8 Å². The number of hydrogen-bond acceptors (Lipinski definition) is 5. The second-order valence-corrected chi connectivity index (χ2v) is 5.98. The molecule has 7 heteroatoms. The van der Waals surface area contributed by atoms with E-state index < -0.39 is 24.0 Å². The fourth-order valence-electron chi connectivity index (χ4n) is 2.09. The third kappa shape index (κ3) is 5.15. The summed E-state index contributed by atoms with van der Waals surface area (Å²) in [6, 6.07) is 8.69. The van der Waals surface area contributed by atoms with E-state index in [2.05, 4.69) is 11.4 Å². The van der Waals surface area contributed by atoms with Crippen LogP contribution in [0.1, 0.15) is 19.8 Å². The molecule has 1 saturated carbocycles. The van der Waals surface area contributed by atoms with E-state index >= 15 is 0 Å². The van der Waals surface area contributed by atoms with Crippen LogP contribution in [-0.2, 0) is 14.3 Å². The van der Waals surface area contributed by atoms with Gasteiger partial charge in [-0.25, -0.2) is 4.79 Å². The Balaban J connectivity index is 1.71. The highest BCUT2D eigenvalue weighted by Gasteiger charge is 2.43. The highest BCUT2D eigenvalue weighted by atomic mass is 35.5. The van der Waals surface area contributed by atoms with Gasteiger partial charge in [-0.3, -0.25) is 4.79 Å². The van der Waals surface area contributed by atoms with Gasteiger partial charge in [-0.05, 0) is 43.9 Å². The molecule has 0 radical (unpaired) electrons. The normalized spacial score (nSPS) is 15.9. The summed E-state index contributed by atoms with van der Waals surface area (Å²) in [7, 11) is 0. The Morgan fingerprint density at radius 2 is 2.17 bits per heavy atom. The zero-order valence-electron chi connectivity index (χ0n) is 12.7. The van der Waals surface area contributed by atoms with Gasteiger partial charge in [-0.2, -0.15) is 5.26 Å². The van der Waals surface area contributed by atoms with Crippen LogP contribution in [0, 0.1) is 17.2 Å². The zero-order valence-corrected chi connectivity index (χ0v) is 13.4. The fraction of sp³-hybridized carbons (Fsp3) is 0.438. The van der Waals surface area contributed by atoms with E-state index in [1.165, 1.54) is 0 Å². The van der Waals surface area contributed by atoms with Crippen LogP contribution >= 0.6 is 11.6 Å². The summed E-state index contributed by atoms with van der Waals surface area (Å²) in [5.74, 6) is -0.578. The first-order valence-electron chi connectivity index (χ1n) is 7.19. The van der Waals surface area contributed by atoms with E-state index in [-0.39, 0.29) is 12.5 Å². The highest BCUT2D eigenvalue weighted by Crippen LogP contribution is 2.39. The topological polar surface area (TPSA) is 88.4 Å². The van der Waals surface area contributed by atoms with Gasteiger partial charge in [0.1, 0.15) is 11.3 Å². The number of carbonyl (C=O) groups is 2. The first-order valence-corrected chi connectivity index (χ1v) is 7.57. The predicted molar refractivity (Wildman–Crippen MR) is 82.8 cm³/mol. The number of rotatable bonds is 7. The lowest BCUT2D eigenvalue weighted by Gasteiger charge is -2.22. The molecule has 1 aromatic carbocycles. The predicted octanol–water partition coefficient (Wildman–Crippen LogP) is 2.07. The standard InChI is InChI=1S/C16H17ClN2O4/c1-16(10-18,11-5-6-11)19-14(20)8-23-15(21)9-22-13-4-2-3-12(17)7-13/h2-4,7,11H,5-6,8-9H2,1H3,(H,19,20)/t16-/m0/s1. The zero-order chi connectivity index (χ0) is 16.9. The summed E-state index contributed by atoms with van der Waals surface area (Å²) in [4.78, 5) is 23.3. The first kappa shape index (κ1) is 17.1. The monoisotopic (exact) mass is 336 g/mol. The Labute approximate surface area is 139 Å². The summed E-state index contributed by atoms with van der Waals surface area (Å²) >= 11 is 5.79. The third-order valence-corrected chi connectivity index (χ3v) is 3.78. The Morgan fingerprint density at radius 1 is 1.43 bits per heavy atom. The van der Waals surface area contributed by atoms with E-state index in [1.54, 1.807) is 31.2 Å². The van der Waals surface area contributed by atoms with E-state index in [1.807, 2.05) is 0 Å². The SMILES string of the molecule is C[C@@](C#N)(NC(=O)COC(=O)COc1cccc(Cl)c1)C1CC1. The average molecular weight is 337 g/mol. The lowest BCUT2D eigenvalue weighted by atomic mass is 9.98. The Morgan fingerprint density at radius 3 is 2.78 bits per heavy atom. The second kappa shape index (κ2) is 7.34. The maximum absolute atomic E-state index is 11.8. The molecule has 0 aliphatic heterocycles. The second-order valence-electron chi connectivity index (χ2n) is 5.54. The Kier molecular flexibility index (Phi) is 5.45. The summed E-state index contributed by atoms with van der Waals surface area (Å²) in [5, 5.41) is 12.2. The molecule has 0 aromatic heterocycles. The molecule has 0 heterocycles. The number of hydrogen-bond donors (Lipinski definition) is 1. The minimum absolute atomic E-state index is 0.165. The number of ether oxygens (including phenoxy) is 2. The van der Waals surface area contributed by atoms with Crippen molar-refractivity contribution < 1.29 is 19.1 Å². The Hall–Kier alpha value is -2.26. The molecule has 0 spiro atoms. The van der Waals surface area contributed by atoms with Crippen molar-refractivity contribution in [1.29, 1.82) is 5.26 Å². The Bertz CT molecular complexity index is 639. The van der Waals surface area contributed by atoms with Gasteiger partial charge >= 0.3 is 5.97 Å². The number of nitrogens with zero attached hydrogens (tertiary/aromatic N) is 1. The van der Waals surface area contributed by atoms with E-state index in [4.69, 9.17) is 26.3 Å². The quantitative estimate of drug-likeness (QED) is 0.770. The van der Waals surface area contributed by atoms with Crippen LogP contribution in [0.4, 0.5) is 0 Å². The smallest absolute Gasteiger partial charge is 0.344 e. The molecule has 2 rings (SSSR count). The van der Waals surface area contributed by atoms with Gasteiger partial charge in [-0.1, -0.05) is 17.7 Å². The number of esters is 1. The van der Waals surface area contributed by atoms with Crippen LogP contribution in [0.25, 0.3) is 0 Å². The van der Waals surface area contributed by atoms with Crippen LogP contribution < -0.4 is 10.1 Å². The van der Waals surface area contributed by atoms with Crippen LogP contribution in [0.15, 0.2) is 24.3 Å². The van der Waals surface area contributed by atoms with Crippen LogP contribution in [0.3, 0.4) is 0 Å². The van der Waals surface area contributed by atoms with Gasteiger partial charge in [0, 0.05) is 5.02 Å². The number of benzene rings is 1. The van der Waals surface area contributed by atoms with Gasteiger partial charge in [0.2, 0.25) is 0 Å².